The molecule has 1 amide bonds. The molecule has 0 unspecified atom stereocenters. The van der Waals surface area contributed by atoms with E-state index in [1.807, 2.05) is 36.4 Å². The monoisotopic (exact) mass is 394 g/mol. The predicted octanol–water partition coefficient (Wildman–Crippen LogP) is 2.66. The Morgan fingerprint density at radius 3 is 2.93 bits per heavy atom. The second kappa shape index (κ2) is 8.40. The summed E-state index contributed by atoms with van der Waals surface area (Å²) in [7, 11) is 0. The fourth-order valence-corrected chi connectivity index (χ4v) is 2.86. The molecule has 1 fully saturated rings. The first-order valence-corrected chi connectivity index (χ1v) is 9.54. The van der Waals surface area contributed by atoms with Crippen LogP contribution in [0.5, 0.6) is 5.75 Å². The van der Waals surface area contributed by atoms with Crippen molar-refractivity contribution in [2.45, 2.75) is 38.5 Å². The maximum absolute atomic E-state index is 12.1. The number of nitrogens with one attached hydrogen (secondary N) is 1. The summed E-state index contributed by atoms with van der Waals surface area (Å²) >= 11 is 0. The highest BCUT2D eigenvalue weighted by molar-refractivity contribution is 5.81. The largest absolute Gasteiger partial charge is 0.489 e. The van der Waals surface area contributed by atoms with Crippen molar-refractivity contribution in [2.75, 3.05) is 0 Å². The summed E-state index contributed by atoms with van der Waals surface area (Å²) in [6.07, 6.45) is 4.35. The minimum atomic E-state index is -0.861. The Morgan fingerprint density at radius 2 is 2.21 bits per heavy atom. The third-order valence-corrected chi connectivity index (χ3v) is 4.66. The Labute approximate surface area is 167 Å². The van der Waals surface area contributed by atoms with Gasteiger partial charge in [-0.25, -0.2) is 0 Å². The number of aliphatic hydroxyl groups excluding tert-OH is 1. The van der Waals surface area contributed by atoms with E-state index in [4.69, 9.17) is 9.26 Å². The number of benzene rings is 1. The average molecular weight is 394 g/mol. The lowest BCUT2D eigenvalue weighted by atomic mass is 10.1. The molecule has 1 aromatic carbocycles. The van der Waals surface area contributed by atoms with Gasteiger partial charge in [0.25, 0.3) is 5.89 Å². The first kappa shape index (κ1) is 19.1. The Balaban J connectivity index is 1.47. The maximum Gasteiger partial charge on any atom is 0.252 e. The van der Waals surface area contributed by atoms with E-state index in [2.05, 4.69) is 20.4 Å². The molecule has 1 aliphatic carbocycles. The number of rotatable bonds is 8. The molecule has 4 rings (SSSR count). The molecule has 0 radical (unpaired) electrons. The van der Waals surface area contributed by atoms with Crippen LogP contribution >= 0.6 is 0 Å². The van der Waals surface area contributed by atoms with Crippen molar-refractivity contribution in [3.8, 4) is 17.1 Å². The predicted molar refractivity (Wildman–Crippen MR) is 104 cm³/mol. The van der Waals surface area contributed by atoms with Gasteiger partial charge in [0.15, 0.2) is 0 Å². The lowest BCUT2D eigenvalue weighted by Gasteiger charge is -2.17. The summed E-state index contributed by atoms with van der Waals surface area (Å²) in [6, 6.07) is 10.4. The van der Waals surface area contributed by atoms with Crippen molar-refractivity contribution < 1.29 is 19.2 Å². The summed E-state index contributed by atoms with van der Waals surface area (Å²) in [6.45, 7) is 1.97. The first-order chi connectivity index (χ1) is 14.1. The second-order valence-electron chi connectivity index (χ2n) is 7.14. The quantitative estimate of drug-likeness (QED) is 0.604. The molecule has 29 heavy (non-hydrogen) atoms. The van der Waals surface area contributed by atoms with Crippen LogP contribution in [0.25, 0.3) is 11.4 Å². The Bertz CT molecular complexity index is 970. The fourth-order valence-electron chi connectivity index (χ4n) is 2.86. The SMILES string of the molecule is C[C@@H](O)[C@H](NC(=O)C1CC1)c1nc(-c2cccc(OCc3cccnc3)c2)no1. The first-order valence-electron chi connectivity index (χ1n) is 9.54. The molecular weight excluding hydrogens is 372 g/mol. The highest BCUT2D eigenvalue weighted by atomic mass is 16.5. The van der Waals surface area contributed by atoms with E-state index >= 15 is 0 Å². The molecule has 150 valence electrons. The standard InChI is InChI=1S/C21H22N4O4/c1-13(26)18(23-20(27)15-7-8-15)21-24-19(25-29-21)16-5-2-6-17(10-16)28-12-14-4-3-9-22-11-14/h2-6,9-11,13,15,18,26H,7-8,12H2,1H3,(H,23,27)/t13-,18+/m1/s1. The van der Waals surface area contributed by atoms with Crippen LogP contribution in [0.15, 0.2) is 53.3 Å². The van der Waals surface area contributed by atoms with Crippen molar-refractivity contribution in [3.05, 3.63) is 60.2 Å². The average Bonchev–Trinajstić information content (AvgIpc) is 3.48. The van der Waals surface area contributed by atoms with Gasteiger partial charge in [-0.1, -0.05) is 23.4 Å². The molecule has 2 heterocycles. The molecule has 0 spiro atoms. The topological polar surface area (TPSA) is 110 Å². The van der Waals surface area contributed by atoms with Crippen molar-refractivity contribution in [3.63, 3.8) is 0 Å². The van der Waals surface area contributed by atoms with Crippen LogP contribution < -0.4 is 10.1 Å². The molecule has 1 aliphatic rings. The number of carbonyl (C=O) groups excluding carboxylic acids is 1. The van der Waals surface area contributed by atoms with Gasteiger partial charge in [-0.3, -0.25) is 9.78 Å². The number of pyridine rings is 1. The smallest absolute Gasteiger partial charge is 0.252 e. The van der Waals surface area contributed by atoms with Gasteiger partial charge in [-0.2, -0.15) is 4.98 Å². The number of amides is 1. The van der Waals surface area contributed by atoms with Crippen LogP contribution in [-0.2, 0) is 11.4 Å². The molecular formula is C21H22N4O4. The molecule has 8 nitrogen and oxygen atoms in total. The number of ether oxygens (including phenoxy) is 1. The van der Waals surface area contributed by atoms with Gasteiger partial charge in [0, 0.05) is 29.4 Å². The van der Waals surface area contributed by atoms with Crippen LogP contribution in [0.2, 0.25) is 0 Å². The summed E-state index contributed by atoms with van der Waals surface area (Å²) < 4.78 is 11.1. The highest BCUT2D eigenvalue weighted by Crippen LogP contribution is 2.30. The van der Waals surface area contributed by atoms with Gasteiger partial charge in [-0.15, -0.1) is 0 Å². The van der Waals surface area contributed by atoms with Crippen LogP contribution in [-0.4, -0.2) is 32.2 Å². The van der Waals surface area contributed by atoms with Crippen LogP contribution in [0, 0.1) is 5.92 Å². The summed E-state index contributed by atoms with van der Waals surface area (Å²) in [5.41, 5.74) is 1.67. The minimum Gasteiger partial charge on any atom is -0.489 e. The van der Waals surface area contributed by atoms with Gasteiger partial charge in [0.1, 0.15) is 18.4 Å². The minimum absolute atomic E-state index is 0.0206. The fraction of sp³-hybridized carbons (Fsp3) is 0.333. The van der Waals surface area contributed by atoms with Crippen molar-refractivity contribution in [2.24, 2.45) is 5.92 Å². The van der Waals surface area contributed by atoms with E-state index in [1.54, 1.807) is 19.3 Å². The molecule has 0 bridgehead atoms. The lowest BCUT2D eigenvalue weighted by Crippen LogP contribution is -2.36. The van der Waals surface area contributed by atoms with Crippen molar-refractivity contribution >= 4 is 5.91 Å². The van der Waals surface area contributed by atoms with Crippen LogP contribution in [0.1, 0.15) is 37.3 Å². The molecule has 0 aliphatic heterocycles. The molecule has 8 heteroatoms. The maximum atomic E-state index is 12.1. The van der Waals surface area contributed by atoms with E-state index in [1.165, 1.54) is 0 Å². The van der Waals surface area contributed by atoms with E-state index in [-0.39, 0.29) is 17.7 Å². The molecule has 1 saturated carbocycles. The highest BCUT2D eigenvalue weighted by Gasteiger charge is 2.34. The van der Waals surface area contributed by atoms with Gasteiger partial charge in [0.2, 0.25) is 11.7 Å². The summed E-state index contributed by atoms with van der Waals surface area (Å²) in [4.78, 5) is 20.5. The number of hydrogen-bond acceptors (Lipinski definition) is 7. The molecule has 2 N–H and O–H groups in total. The summed E-state index contributed by atoms with van der Waals surface area (Å²) in [5, 5.41) is 16.8. The Morgan fingerprint density at radius 1 is 1.34 bits per heavy atom. The zero-order chi connectivity index (χ0) is 20.2. The zero-order valence-electron chi connectivity index (χ0n) is 16.0. The zero-order valence-corrected chi connectivity index (χ0v) is 16.0. The molecule has 3 aromatic rings. The Kier molecular flexibility index (Phi) is 5.53. The normalized spacial score (nSPS) is 15.5. The van der Waals surface area contributed by atoms with Gasteiger partial charge in [0.05, 0.1) is 6.10 Å². The van der Waals surface area contributed by atoms with E-state index in [0.29, 0.717) is 23.7 Å². The third kappa shape index (κ3) is 4.78. The van der Waals surface area contributed by atoms with E-state index in [0.717, 1.165) is 18.4 Å². The number of aliphatic hydroxyl groups is 1. The van der Waals surface area contributed by atoms with Gasteiger partial charge >= 0.3 is 0 Å². The summed E-state index contributed by atoms with van der Waals surface area (Å²) in [5.74, 6) is 1.12. The number of aromatic nitrogens is 3. The van der Waals surface area contributed by atoms with Crippen LogP contribution in [0.3, 0.4) is 0 Å². The number of nitrogens with zero attached hydrogens (tertiary/aromatic N) is 3. The number of carbonyl (C=O) groups is 1. The molecule has 0 saturated heterocycles. The molecule has 2 atom stereocenters. The molecule has 2 aromatic heterocycles. The second-order valence-corrected chi connectivity index (χ2v) is 7.14. The van der Waals surface area contributed by atoms with Crippen LogP contribution in [0.4, 0.5) is 0 Å². The van der Waals surface area contributed by atoms with Gasteiger partial charge in [-0.05, 0) is 38.0 Å². The van der Waals surface area contributed by atoms with Gasteiger partial charge < -0.3 is 19.7 Å². The van der Waals surface area contributed by atoms with Crippen molar-refractivity contribution in [1.29, 1.82) is 0 Å². The third-order valence-electron chi connectivity index (χ3n) is 4.66. The number of hydrogen-bond donors (Lipinski definition) is 2. The Hall–Kier alpha value is -3.26. The van der Waals surface area contributed by atoms with Crippen molar-refractivity contribution in [1.82, 2.24) is 20.4 Å². The lowest BCUT2D eigenvalue weighted by molar-refractivity contribution is -0.124. The van der Waals surface area contributed by atoms with E-state index < -0.39 is 12.1 Å². The van der Waals surface area contributed by atoms with E-state index in [9.17, 15) is 9.90 Å².